The van der Waals surface area contributed by atoms with Gasteiger partial charge in [0.1, 0.15) is 11.5 Å². The molecule has 0 aliphatic carbocycles. The molecule has 160 valence electrons. The summed E-state index contributed by atoms with van der Waals surface area (Å²) in [5.74, 6) is 0.671. The summed E-state index contributed by atoms with van der Waals surface area (Å²) in [6.45, 7) is -0.419. The summed E-state index contributed by atoms with van der Waals surface area (Å²) in [5, 5.41) is 2.97. The van der Waals surface area contributed by atoms with Gasteiger partial charge in [-0.2, -0.15) is 8.78 Å². The average Bonchev–Trinajstić information content (AvgIpc) is 3.28. The predicted octanol–water partition coefficient (Wildman–Crippen LogP) is 4.26. The Balaban J connectivity index is 1.62. The Morgan fingerprint density at radius 3 is 2.50 bits per heavy atom. The van der Waals surface area contributed by atoms with E-state index < -0.39 is 6.61 Å². The number of benzene rings is 2. The first kappa shape index (κ1) is 21.8. The normalized spacial score (nSPS) is 15.5. The number of rotatable bonds is 9. The maximum Gasteiger partial charge on any atom is 0.387 e. The van der Waals surface area contributed by atoms with Gasteiger partial charge in [-0.25, -0.2) is 0 Å². The summed E-state index contributed by atoms with van der Waals surface area (Å²) in [6.07, 6.45) is 5.36. The number of hydrogen-bond donors (Lipinski definition) is 1. The van der Waals surface area contributed by atoms with Gasteiger partial charge in [0.25, 0.3) is 0 Å². The van der Waals surface area contributed by atoms with E-state index in [2.05, 4.69) is 15.0 Å². The molecular weight excluding hydrogens is 390 g/mol. The monoisotopic (exact) mass is 416 g/mol. The molecule has 30 heavy (non-hydrogen) atoms. The number of nitrogens with one attached hydrogen (secondary N) is 1. The molecule has 1 heterocycles. The Morgan fingerprint density at radius 1 is 1.13 bits per heavy atom. The summed E-state index contributed by atoms with van der Waals surface area (Å²) < 4.78 is 34.3. The lowest BCUT2D eigenvalue weighted by atomic mass is 10.0. The second kappa shape index (κ2) is 10.7. The molecule has 2 aromatic carbocycles. The molecule has 1 amide bonds. The average molecular weight is 416 g/mol. The van der Waals surface area contributed by atoms with Crippen LogP contribution in [0.15, 0.2) is 54.6 Å². The number of carbonyl (C=O) groups excluding carboxylic acids is 1. The van der Waals surface area contributed by atoms with Crippen LogP contribution in [0.4, 0.5) is 8.78 Å². The molecule has 1 aliphatic heterocycles. The number of alkyl halides is 2. The minimum absolute atomic E-state index is 0.0341. The maximum atomic E-state index is 12.4. The largest absolute Gasteiger partial charge is 0.496 e. The Bertz CT molecular complexity index is 850. The SMILES string of the molecule is COc1ccccc1C(CNC(=O)C=Cc1ccc(OC(F)F)cc1)N1CCCC1. The topological polar surface area (TPSA) is 50.8 Å². The molecule has 0 bridgehead atoms. The van der Waals surface area contributed by atoms with Crippen molar-refractivity contribution in [1.29, 1.82) is 0 Å². The summed E-state index contributed by atoms with van der Waals surface area (Å²) >= 11 is 0. The molecule has 1 saturated heterocycles. The zero-order valence-corrected chi connectivity index (χ0v) is 16.9. The molecule has 2 aromatic rings. The lowest BCUT2D eigenvalue weighted by Crippen LogP contribution is -2.36. The van der Waals surface area contributed by atoms with E-state index in [4.69, 9.17) is 4.74 Å². The number of nitrogens with zero attached hydrogens (tertiary/aromatic N) is 1. The molecule has 7 heteroatoms. The van der Waals surface area contributed by atoms with E-state index in [1.54, 1.807) is 25.3 Å². The molecule has 1 N–H and O–H groups in total. The third kappa shape index (κ3) is 6.03. The fraction of sp³-hybridized carbons (Fsp3) is 0.348. The third-order valence-electron chi connectivity index (χ3n) is 5.08. The molecule has 3 rings (SSSR count). The van der Waals surface area contributed by atoms with Crippen LogP contribution in [0.25, 0.3) is 6.08 Å². The van der Waals surface area contributed by atoms with Gasteiger partial charge < -0.3 is 14.8 Å². The van der Waals surface area contributed by atoms with Crippen molar-refractivity contribution in [2.45, 2.75) is 25.5 Å². The molecule has 0 aromatic heterocycles. The van der Waals surface area contributed by atoms with E-state index in [9.17, 15) is 13.6 Å². The minimum Gasteiger partial charge on any atom is -0.496 e. The molecule has 1 fully saturated rings. The van der Waals surface area contributed by atoms with Crippen LogP contribution < -0.4 is 14.8 Å². The van der Waals surface area contributed by atoms with Crippen molar-refractivity contribution in [3.63, 3.8) is 0 Å². The number of hydrogen-bond acceptors (Lipinski definition) is 4. The van der Waals surface area contributed by atoms with Crippen LogP contribution in [-0.2, 0) is 4.79 Å². The van der Waals surface area contributed by atoms with Gasteiger partial charge in [-0.3, -0.25) is 9.69 Å². The summed E-state index contributed by atoms with van der Waals surface area (Å²) in [7, 11) is 1.65. The van der Waals surface area contributed by atoms with Crippen LogP contribution >= 0.6 is 0 Å². The Kier molecular flexibility index (Phi) is 7.79. The molecule has 0 spiro atoms. The van der Waals surface area contributed by atoms with Crippen molar-refractivity contribution in [2.75, 3.05) is 26.7 Å². The highest BCUT2D eigenvalue weighted by atomic mass is 19.3. The fourth-order valence-electron chi connectivity index (χ4n) is 3.62. The van der Waals surface area contributed by atoms with Crippen molar-refractivity contribution in [3.8, 4) is 11.5 Å². The van der Waals surface area contributed by atoms with Crippen LogP contribution in [0.5, 0.6) is 11.5 Å². The zero-order valence-electron chi connectivity index (χ0n) is 16.9. The van der Waals surface area contributed by atoms with Crippen molar-refractivity contribution >= 4 is 12.0 Å². The van der Waals surface area contributed by atoms with Crippen molar-refractivity contribution in [3.05, 3.63) is 65.7 Å². The minimum atomic E-state index is -2.86. The first-order chi connectivity index (χ1) is 14.6. The number of halogens is 2. The van der Waals surface area contributed by atoms with Crippen molar-refractivity contribution in [1.82, 2.24) is 10.2 Å². The van der Waals surface area contributed by atoms with Gasteiger partial charge in [0.2, 0.25) is 5.91 Å². The van der Waals surface area contributed by atoms with Gasteiger partial charge in [-0.15, -0.1) is 0 Å². The molecule has 0 radical (unpaired) electrons. The summed E-state index contributed by atoms with van der Waals surface area (Å²) in [6, 6.07) is 14.0. The molecular formula is C23H26F2N2O3. The van der Waals surface area contributed by atoms with Crippen LogP contribution in [0.2, 0.25) is 0 Å². The van der Waals surface area contributed by atoms with Gasteiger partial charge in [0, 0.05) is 18.2 Å². The standard InChI is InChI=1S/C23H26F2N2O3/c1-29-21-7-3-2-6-19(21)20(27-14-4-5-15-27)16-26-22(28)13-10-17-8-11-18(12-9-17)30-23(24)25/h2-3,6-13,20,23H,4-5,14-16H2,1H3,(H,26,28). The number of ether oxygens (including phenoxy) is 2. The first-order valence-corrected chi connectivity index (χ1v) is 9.94. The molecule has 1 atom stereocenters. The van der Waals surface area contributed by atoms with Gasteiger partial charge in [-0.1, -0.05) is 30.3 Å². The second-order valence-electron chi connectivity index (χ2n) is 7.03. The lowest BCUT2D eigenvalue weighted by Gasteiger charge is -2.29. The van der Waals surface area contributed by atoms with E-state index in [1.807, 2.05) is 24.3 Å². The van der Waals surface area contributed by atoms with Gasteiger partial charge in [-0.05, 0) is 55.8 Å². The quantitative estimate of drug-likeness (QED) is 0.621. The van der Waals surface area contributed by atoms with Gasteiger partial charge in [0.15, 0.2) is 0 Å². The van der Waals surface area contributed by atoms with Crippen LogP contribution in [0.1, 0.15) is 30.0 Å². The highest BCUT2D eigenvalue weighted by Gasteiger charge is 2.26. The lowest BCUT2D eigenvalue weighted by molar-refractivity contribution is -0.116. The van der Waals surface area contributed by atoms with Crippen molar-refractivity contribution < 1.29 is 23.0 Å². The highest BCUT2D eigenvalue weighted by molar-refractivity contribution is 5.91. The third-order valence-corrected chi connectivity index (χ3v) is 5.08. The maximum absolute atomic E-state index is 12.4. The number of likely N-dealkylation sites (tertiary alicyclic amines) is 1. The van der Waals surface area contributed by atoms with E-state index >= 15 is 0 Å². The number of carbonyl (C=O) groups is 1. The second-order valence-corrected chi connectivity index (χ2v) is 7.03. The van der Waals surface area contributed by atoms with E-state index in [-0.39, 0.29) is 17.7 Å². The Morgan fingerprint density at radius 2 is 1.83 bits per heavy atom. The fourth-order valence-corrected chi connectivity index (χ4v) is 3.62. The van der Waals surface area contributed by atoms with E-state index in [0.29, 0.717) is 12.1 Å². The number of methoxy groups -OCH3 is 1. The number of para-hydroxylation sites is 1. The smallest absolute Gasteiger partial charge is 0.387 e. The molecule has 1 unspecified atom stereocenters. The van der Waals surface area contributed by atoms with Crippen LogP contribution in [-0.4, -0.2) is 44.2 Å². The van der Waals surface area contributed by atoms with E-state index in [1.165, 1.54) is 18.2 Å². The predicted molar refractivity (Wildman–Crippen MR) is 112 cm³/mol. The summed E-state index contributed by atoms with van der Waals surface area (Å²) in [5.41, 5.74) is 1.77. The molecule has 5 nitrogen and oxygen atoms in total. The van der Waals surface area contributed by atoms with Gasteiger partial charge >= 0.3 is 6.61 Å². The highest BCUT2D eigenvalue weighted by Crippen LogP contribution is 2.31. The first-order valence-electron chi connectivity index (χ1n) is 9.94. The van der Waals surface area contributed by atoms with Gasteiger partial charge in [0.05, 0.1) is 13.2 Å². The Labute approximate surface area is 175 Å². The van der Waals surface area contributed by atoms with Crippen LogP contribution in [0, 0.1) is 0 Å². The van der Waals surface area contributed by atoms with Crippen LogP contribution in [0.3, 0.4) is 0 Å². The zero-order chi connectivity index (χ0) is 21.3. The number of amides is 1. The molecule has 0 saturated carbocycles. The molecule has 1 aliphatic rings. The van der Waals surface area contributed by atoms with Crippen molar-refractivity contribution in [2.24, 2.45) is 0 Å². The Hall–Kier alpha value is -2.93. The van der Waals surface area contributed by atoms with E-state index in [0.717, 1.165) is 37.2 Å². The summed E-state index contributed by atoms with van der Waals surface area (Å²) in [4.78, 5) is 14.7.